The van der Waals surface area contributed by atoms with Crippen LogP contribution in [-0.4, -0.2) is 50.5 Å². The Labute approximate surface area is 201 Å². The van der Waals surface area contributed by atoms with Crippen molar-refractivity contribution in [1.29, 1.82) is 0 Å². The highest BCUT2D eigenvalue weighted by atomic mass is 19.4. The molecule has 1 aromatic rings. The molecule has 5 rings (SSSR count). The van der Waals surface area contributed by atoms with Crippen LogP contribution in [0.25, 0.3) is 0 Å². The smallest absolute Gasteiger partial charge is 0.416 e. The third kappa shape index (κ3) is 3.07. The summed E-state index contributed by atoms with van der Waals surface area (Å²) in [6.07, 6.45) is -2.82. The first kappa shape index (κ1) is 24.5. The molecular weight excluding hydrogens is 463 g/mol. The van der Waals surface area contributed by atoms with E-state index >= 15 is 0 Å². The van der Waals surface area contributed by atoms with E-state index in [4.69, 9.17) is 4.74 Å². The number of alkyl halides is 3. The van der Waals surface area contributed by atoms with E-state index < -0.39 is 53.4 Å². The van der Waals surface area contributed by atoms with Crippen LogP contribution >= 0.6 is 0 Å². The number of pyridine rings is 1. The van der Waals surface area contributed by atoms with Gasteiger partial charge in [-0.25, -0.2) is 4.98 Å². The molecule has 9 heteroatoms. The van der Waals surface area contributed by atoms with E-state index in [1.165, 1.54) is 0 Å². The number of ether oxygens (including phenoxy) is 1. The van der Waals surface area contributed by atoms with Gasteiger partial charge in [-0.15, -0.1) is 0 Å². The number of carbonyl (C=O) groups is 1. The van der Waals surface area contributed by atoms with E-state index in [1.807, 2.05) is 6.92 Å². The predicted molar refractivity (Wildman–Crippen MR) is 119 cm³/mol. The summed E-state index contributed by atoms with van der Waals surface area (Å²) in [6, 6.07) is 1.54. The van der Waals surface area contributed by atoms with Crippen molar-refractivity contribution in [2.75, 3.05) is 6.61 Å². The van der Waals surface area contributed by atoms with Crippen LogP contribution < -0.4 is 4.74 Å². The number of aliphatic hydroxyl groups excluding tert-OH is 2. The second kappa shape index (κ2) is 7.40. The van der Waals surface area contributed by atoms with Crippen molar-refractivity contribution in [3.63, 3.8) is 0 Å². The first-order valence-corrected chi connectivity index (χ1v) is 11.9. The van der Waals surface area contributed by atoms with E-state index in [0.29, 0.717) is 12.0 Å². The highest BCUT2D eigenvalue weighted by molar-refractivity contribution is 5.95. The van der Waals surface area contributed by atoms with Gasteiger partial charge in [-0.05, 0) is 53.7 Å². The summed E-state index contributed by atoms with van der Waals surface area (Å²) < 4.78 is 45.7. The molecule has 1 aromatic heterocycles. The van der Waals surface area contributed by atoms with Crippen LogP contribution in [0.2, 0.25) is 0 Å². The Kier molecular flexibility index (Phi) is 5.17. The molecule has 35 heavy (non-hydrogen) atoms. The molecule has 1 spiro atoms. The van der Waals surface area contributed by atoms with Crippen LogP contribution in [0.3, 0.4) is 0 Å². The lowest BCUT2D eigenvalue weighted by atomic mass is 9.59. The maximum Gasteiger partial charge on any atom is 0.416 e. The summed E-state index contributed by atoms with van der Waals surface area (Å²) in [7, 11) is 0. The normalized spacial score (nSPS) is 41.7. The first-order valence-electron chi connectivity index (χ1n) is 11.9. The molecule has 4 aliphatic rings. The van der Waals surface area contributed by atoms with Crippen molar-refractivity contribution in [2.24, 2.45) is 34.5 Å². The molecule has 0 aromatic carbocycles. The van der Waals surface area contributed by atoms with E-state index in [1.54, 1.807) is 19.1 Å². The fraction of sp³-hybridized carbons (Fsp3) is 0.615. The van der Waals surface area contributed by atoms with Gasteiger partial charge in [0, 0.05) is 18.2 Å². The summed E-state index contributed by atoms with van der Waals surface area (Å²) >= 11 is 0. The van der Waals surface area contributed by atoms with Crippen molar-refractivity contribution in [3.05, 3.63) is 47.2 Å². The topological polar surface area (TPSA) is 99.9 Å². The second-order valence-corrected chi connectivity index (χ2v) is 11.2. The zero-order chi connectivity index (χ0) is 25.7. The van der Waals surface area contributed by atoms with E-state index in [0.717, 1.165) is 18.3 Å². The molecule has 0 radical (unpaired) electrons. The monoisotopic (exact) mass is 493 g/mol. The van der Waals surface area contributed by atoms with Crippen molar-refractivity contribution in [3.8, 4) is 5.88 Å². The highest BCUT2D eigenvalue weighted by Gasteiger charge is 2.76. The van der Waals surface area contributed by atoms with Gasteiger partial charge < -0.3 is 20.1 Å². The van der Waals surface area contributed by atoms with Gasteiger partial charge in [-0.2, -0.15) is 13.2 Å². The number of Topliss-reactive ketones (excluding diaryl/α,β-unsaturated/α-hetero) is 1. The van der Waals surface area contributed by atoms with Crippen LogP contribution in [-0.2, 0) is 11.0 Å². The molecule has 1 heterocycles. The maximum absolute atomic E-state index is 14.3. The molecule has 2 saturated carbocycles. The lowest BCUT2D eigenvalue weighted by Crippen LogP contribution is -2.66. The standard InChI is InChI=1S/C26H30F3NO5/c1-12-10-24-13(2)7-17-19(23(17,3)4)16(21(24)33)8-14(11-31)20(32)25(24,34)22(12)35-18-9-15(5-6-30-18)26(27,28)29/h5-6,8-10,13,16-17,19-20,22,31-32,34H,7,11H2,1-4H3/t13-,16+,17-,19+,20-,22+,24?,25+/m1/s1. The Balaban J connectivity index is 1.65. The number of carbonyl (C=O) groups excluding carboxylic acids is 1. The third-order valence-corrected chi connectivity index (χ3v) is 9.20. The lowest BCUT2D eigenvalue weighted by molar-refractivity contribution is -0.186. The van der Waals surface area contributed by atoms with Gasteiger partial charge in [-0.1, -0.05) is 32.9 Å². The number of ketones is 1. The number of nitrogens with zero attached hydrogens (tertiary/aromatic N) is 1. The van der Waals surface area contributed by atoms with Crippen LogP contribution in [0.4, 0.5) is 13.2 Å². The first-order chi connectivity index (χ1) is 16.2. The lowest BCUT2D eigenvalue weighted by Gasteiger charge is -2.48. The van der Waals surface area contributed by atoms with Crippen LogP contribution in [0.5, 0.6) is 5.88 Å². The Morgan fingerprint density at radius 2 is 1.97 bits per heavy atom. The molecule has 190 valence electrons. The fourth-order valence-corrected chi connectivity index (χ4v) is 7.36. The maximum atomic E-state index is 14.3. The number of hydrogen-bond donors (Lipinski definition) is 3. The molecular formula is C26H30F3NO5. The van der Waals surface area contributed by atoms with Gasteiger partial charge in [0.25, 0.3) is 0 Å². The van der Waals surface area contributed by atoms with Gasteiger partial charge >= 0.3 is 6.18 Å². The molecule has 1 unspecified atom stereocenters. The highest BCUT2D eigenvalue weighted by Crippen LogP contribution is 2.71. The van der Waals surface area contributed by atoms with Gasteiger partial charge in [0.15, 0.2) is 17.5 Å². The molecule has 3 N–H and O–H groups in total. The number of fused-ring (bicyclic) bond motifs is 3. The summed E-state index contributed by atoms with van der Waals surface area (Å²) in [5, 5.41) is 33.9. The van der Waals surface area contributed by atoms with Crippen molar-refractivity contribution >= 4 is 5.78 Å². The minimum atomic E-state index is -4.62. The summed E-state index contributed by atoms with van der Waals surface area (Å²) in [5.74, 6) is -1.41. The van der Waals surface area contributed by atoms with Gasteiger partial charge in [0.2, 0.25) is 5.88 Å². The average Bonchev–Trinajstić information content (AvgIpc) is 3.27. The van der Waals surface area contributed by atoms with Crippen molar-refractivity contribution in [1.82, 2.24) is 4.98 Å². The largest absolute Gasteiger partial charge is 0.467 e. The molecule has 2 fully saturated rings. The van der Waals surface area contributed by atoms with Gasteiger partial charge in [0.05, 0.1) is 17.6 Å². The molecule has 4 aliphatic carbocycles. The number of allylic oxidation sites excluding steroid dienone is 1. The van der Waals surface area contributed by atoms with E-state index in [2.05, 4.69) is 18.8 Å². The average molecular weight is 494 g/mol. The molecule has 0 saturated heterocycles. The quantitative estimate of drug-likeness (QED) is 0.559. The van der Waals surface area contributed by atoms with Crippen LogP contribution in [0.15, 0.2) is 41.6 Å². The zero-order valence-electron chi connectivity index (χ0n) is 20.0. The van der Waals surface area contributed by atoms with Gasteiger partial charge in [0.1, 0.15) is 6.10 Å². The second-order valence-electron chi connectivity index (χ2n) is 11.2. The Hall–Kier alpha value is -2.23. The zero-order valence-corrected chi connectivity index (χ0v) is 20.0. The fourth-order valence-electron chi connectivity index (χ4n) is 7.36. The minimum absolute atomic E-state index is 0.00623. The number of rotatable bonds is 3. The van der Waals surface area contributed by atoms with E-state index in [-0.39, 0.29) is 34.5 Å². The molecule has 6 nitrogen and oxygen atoms in total. The third-order valence-electron chi connectivity index (χ3n) is 9.20. The molecule has 2 bridgehead atoms. The number of aliphatic hydroxyl groups is 3. The van der Waals surface area contributed by atoms with Gasteiger partial charge in [-0.3, -0.25) is 4.79 Å². The van der Waals surface area contributed by atoms with Crippen LogP contribution in [0.1, 0.15) is 39.7 Å². The number of hydrogen-bond acceptors (Lipinski definition) is 6. The minimum Gasteiger partial charge on any atom is -0.467 e. The summed E-state index contributed by atoms with van der Waals surface area (Å²) in [6.45, 7) is 7.10. The number of aromatic nitrogens is 1. The Morgan fingerprint density at radius 3 is 2.60 bits per heavy atom. The summed E-state index contributed by atoms with van der Waals surface area (Å²) in [4.78, 5) is 18.2. The Morgan fingerprint density at radius 1 is 1.29 bits per heavy atom. The molecule has 0 amide bonds. The predicted octanol–water partition coefficient (Wildman–Crippen LogP) is 3.32. The van der Waals surface area contributed by atoms with Crippen molar-refractivity contribution < 1.29 is 38.0 Å². The SMILES string of the molecule is CC1=CC23C(=O)[C@@H](C=C(CO)[C@@H](O)[C@]2(O)[C@H]1Oc1cc(C(F)(F)F)ccn1)[C@H]1[C@@H](C[C@H]3C)C1(C)C. The number of halogens is 3. The van der Waals surface area contributed by atoms with Crippen LogP contribution in [0, 0.1) is 34.5 Å². The van der Waals surface area contributed by atoms with E-state index in [9.17, 15) is 33.3 Å². The molecule has 8 atom stereocenters. The Bertz CT molecular complexity index is 1140. The summed E-state index contributed by atoms with van der Waals surface area (Å²) in [5.41, 5.74) is -4.33. The molecule has 0 aliphatic heterocycles. The van der Waals surface area contributed by atoms with Crippen molar-refractivity contribution in [2.45, 2.75) is 58.1 Å².